The van der Waals surface area contributed by atoms with E-state index in [2.05, 4.69) is 9.97 Å². The first kappa shape index (κ1) is 25.5. The second-order valence-corrected chi connectivity index (χ2v) is 11.1. The van der Waals surface area contributed by atoms with Gasteiger partial charge in [0, 0.05) is 40.8 Å². The molecule has 12 heteroatoms. The number of morpholine rings is 1. The Balaban J connectivity index is 1.34. The summed E-state index contributed by atoms with van der Waals surface area (Å²) in [6, 6.07) is 15.7. The Labute approximate surface area is 223 Å². The molecule has 2 aromatic heterocycles. The number of hydrogen-bond donors (Lipinski definition) is 2. The number of aromatic amines is 1. The fourth-order valence-corrected chi connectivity index (χ4v) is 6.30. The molecule has 3 N–H and O–H groups in total. The number of nitrogens with two attached hydrogens (primary N) is 1. The molecule has 192 valence electrons. The summed E-state index contributed by atoms with van der Waals surface area (Å²) in [6.45, 7) is 0.438. The minimum absolute atomic E-state index is 0.0363. The number of sulfonamides is 1. The number of nitrogens with one attached hydrogen (secondary N) is 1. The maximum Gasteiger partial charge on any atom is 0.266 e. The summed E-state index contributed by atoms with van der Waals surface area (Å²) < 4.78 is 40.4. The molecule has 1 aliphatic heterocycles. The molecular formula is C25H22Cl2N4O5S. The van der Waals surface area contributed by atoms with E-state index in [1.807, 2.05) is 24.3 Å². The van der Waals surface area contributed by atoms with E-state index in [4.69, 9.17) is 38.4 Å². The molecule has 37 heavy (non-hydrogen) atoms. The molecule has 1 amide bonds. The van der Waals surface area contributed by atoms with Gasteiger partial charge in [-0.25, -0.2) is 13.4 Å². The predicted molar refractivity (Wildman–Crippen MR) is 141 cm³/mol. The minimum atomic E-state index is -4.11. The summed E-state index contributed by atoms with van der Waals surface area (Å²) in [4.78, 5) is 18.8. The SMILES string of the molecule is NC(=O)c1[nH]c2ccc(Cl)cc2c1S(=O)(=O)N1CCO[C@H](COc2cccc(-c3ccc(Cl)nc3)c2)C1. The normalized spacial score (nSPS) is 16.6. The highest BCUT2D eigenvalue weighted by atomic mass is 35.5. The molecule has 0 unspecified atom stereocenters. The second kappa shape index (κ2) is 10.3. The first-order valence-electron chi connectivity index (χ1n) is 11.3. The lowest BCUT2D eigenvalue weighted by Gasteiger charge is -2.32. The van der Waals surface area contributed by atoms with E-state index in [1.54, 1.807) is 30.5 Å². The lowest BCUT2D eigenvalue weighted by Crippen LogP contribution is -2.47. The molecule has 0 spiro atoms. The summed E-state index contributed by atoms with van der Waals surface area (Å²) in [6.07, 6.45) is 1.14. The number of amides is 1. The van der Waals surface area contributed by atoms with Crippen LogP contribution in [0, 0.1) is 0 Å². The van der Waals surface area contributed by atoms with Crippen LogP contribution in [-0.2, 0) is 14.8 Å². The molecular weight excluding hydrogens is 539 g/mol. The van der Waals surface area contributed by atoms with Gasteiger partial charge in [-0.1, -0.05) is 35.3 Å². The summed E-state index contributed by atoms with van der Waals surface area (Å²) >= 11 is 12.0. The van der Waals surface area contributed by atoms with Crippen molar-refractivity contribution in [2.45, 2.75) is 11.0 Å². The molecule has 1 saturated heterocycles. The number of benzene rings is 2. The summed E-state index contributed by atoms with van der Waals surface area (Å²) in [7, 11) is -4.11. The van der Waals surface area contributed by atoms with Gasteiger partial charge in [-0.15, -0.1) is 0 Å². The molecule has 3 heterocycles. The van der Waals surface area contributed by atoms with E-state index in [-0.39, 0.29) is 36.9 Å². The number of halogens is 2. The standard InChI is InChI=1S/C25H22Cl2N4O5S/c26-17-5-6-21-20(11-17)24(23(30-21)25(28)32)37(33,34)31-8-9-35-19(13-31)14-36-18-3-1-2-15(10-18)16-4-7-22(27)29-12-16/h1-7,10-12,19,30H,8-9,13-14H2,(H2,28,32)/t19-/m0/s1. The molecule has 2 aromatic carbocycles. The van der Waals surface area contributed by atoms with E-state index in [9.17, 15) is 13.2 Å². The van der Waals surface area contributed by atoms with Crippen molar-refractivity contribution in [3.05, 3.63) is 76.7 Å². The largest absolute Gasteiger partial charge is 0.491 e. The highest BCUT2D eigenvalue weighted by Gasteiger charge is 2.36. The van der Waals surface area contributed by atoms with Crippen molar-refractivity contribution in [2.75, 3.05) is 26.3 Å². The fraction of sp³-hybridized carbons (Fsp3) is 0.200. The van der Waals surface area contributed by atoms with Crippen LogP contribution in [-0.4, -0.2) is 61.0 Å². The van der Waals surface area contributed by atoms with Gasteiger partial charge in [-0.05, 0) is 48.0 Å². The van der Waals surface area contributed by atoms with Crippen molar-refractivity contribution in [1.82, 2.24) is 14.3 Å². The number of carbonyl (C=O) groups excluding carboxylic acids is 1. The number of pyridine rings is 1. The van der Waals surface area contributed by atoms with Crippen molar-refractivity contribution in [1.29, 1.82) is 0 Å². The van der Waals surface area contributed by atoms with Gasteiger partial charge in [0.05, 0.1) is 6.61 Å². The van der Waals surface area contributed by atoms with Crippen LogP contribution in [0.2, 0.25) is 10.2 Å². The van der Waals surface area contributed by atoms with Crippen LogP contribution in [0.4, 0.5) is 0 Å². The zero-order valence-electron chi connectivity index (χ0n) is 19.4. The lowest BCUT2D eigenvalue weighted by atomic mass is 10.1. The molecule has 0 saturated carbocycles. The number of carbonyl (C=O) groups is 1. The molecule has 0 bridgehead atoms. The zero-order valence-corrected chi connectivity index (χ0v) is 21.7. The number of nitrogens with zero attached hydrogens (tertiary/aromatic N) is 2. The lowest BCUT2D eigenvalue weighted by molar-refractivity contribution is -0.0249. The van der Waals surface area contributed by atoms with Crippen LogP contribution in [0.5, 0.6) is 5.75 Å². The minimum Gasteiger partial charge on any atom is -0.491 e. The molecule has 1 fully saturated rings. The molecule has 1 atom stereocenters. The van der Waals surface area contributed by atoms with Crippen LogP contribution in [0.3, 0.4) is 0 Å². The quantitative estimate of drug-likeness (QED) is 0.327. The van der Waals surface area contributed by atoms with Crippen LogP contribution < -0.4 is 10.5 Å². The molecule has 4 aromatic rings. The average molecular weight is 561 g/mol. The van der Waals surface area contributed by atoms with E-state index in [0.717, 1.165) is 11.1 Å². The van der Waals surface area contributed by atoms with Crippen molar-refractivity contribution >= 4 is 50.0 Å². The Morgan fingerprint density at radius 2 is 2.00 bits per heavy atom. The number of rotatable bonds is 7. The molecule has 5 rings (SSSR count). The van der Waals surface area contributed by atoms with Crippen LogP contribution >= 0.6 is 23.2 Å². The maximum absolute atomic E-state index is 13.7. The van der Waals surface area contributed by atoms with Crippen molar-refractivity contribution in [3.63, 3.8) is 0 Å². The Morgan fingerprint density at radius 1 is 1.16 bits per heavy atom. The van der Waals surface area contributed by atoms with E-state index in [0.29, 0.717) is 26.8 Å². The van der Waals surface area contributed by atoms with Gasteiger partial charge in [0.1, 0.15) is 34.2 Å². The summed E-state index contributed by atoms with van der Waals surface area (Å²) in [5.41, 5.74) is 7.53. The highest BCUT2D eigenvalue weighted by molar-refractivity contribution is 7.89. The second-order valence-electron chi connectivity index (χ2n) is 8.45. The Kier molecular flexibility index (Phi) is 7.11. The van der Waals surface area contributed by atoms with Crippen LogP contribution in [0.15, 0.2) is 65.7 Å². The van der Waals surface area contributed by atoms with Gasteiger partial charge in [-0.3, -0.25) is 4.79 Å². The summed E-state index contributed by atoms with van der Waals surface area (Å²) in [5.74, 6) is -0.284. The molecule has 0 aliphatic carbocycles. The van der Waals surface area contributed by atoms with Crippen molar-refractivity contribution in [3.8, 4) is 16.9 Å². The molecule has 0 radical (unpaired) electrons. The van der Waals surface area contributed by atoms with E-state index >= 15 is 0 Å². The van der Waals surface area contributed by atoms with Crippen LogP contribution in [0.25, 0.3) is 22.0 Å². The first-order valence-corrected chi connectivity index (χ1v) is 13.5. The third kappa shape index (κ3) is 5.29. The maximum atomic E-state index is 13.7. The van der Waals surface area contributed by atoms with Gasteiger partial charge in [0.2, 0.25) is 10.0 Å². The molecule has 1 aliphatic rings. The third-order valence-electron chi connectivity index (χ3n) is 5.99. The Bertz CT molecular complexity index is 1570. The van der Waals surface area contributed by atoms with Crippen molar-refractivity contribution < 1.29 is 22.7 Å². The monoisotopic (exact) mass is 560 g/mol. The van der Waals surface area contributed by atoms with Gasteiger partial charge < -0.3 is 20.2 Å². The smallest absolute Gasteiger partial charge is 0.266 e. The third-order valence-corrected chi connectivity index (χ3v) is 8.40. The van der Waals surface area contributed by atoms with Gasteiger partial charge >= 0.3 is 0 Å². The van der Waals surface area contributed by atoms with Crippen LogP contribution in [0.1, 0.15) is 10.5 Å². The topological polar surface area (TPSA) is 128 Å². The van der Waals surface area contributed by atoms with Gasteiger partial charge in [0.15, 0.2) is 0 Å². The highest BCUT2D eigenvalue weighted by Crippen LogP contribution is 2.32. The van der Waals surface area contributed by atoms with Gasteiger partial charge in [0.25, 0.3) is 5.91 Å². The van der Waals surface area contributed by atoms with Crippen molar-refractivity contribution in [2.24, 2.45) is 5.73 Å². The number of hydrogen-bond acceptors (Lipinski definition) is 6. The Hall–Kier alpha value is -3.15. The van der Waals surface area contributed by atoms with Gasteiger partial charge in [-0.2, -0.15) is 4.31 Å². The fourth-order valence-electron chi connectivity index (χ4n) is 4.22. The average Bonchev–Trinajstić information content (AvgIpc) is 3.28. The first-order chi connectivity index (χ1) is 17.7. The predicted octanol–water partition coefficient (Wildman–Crippen LogP) is 4.10. The number of H-pyrrole nitrogens is 1. The van der Waals surface area contributed by atoms with E-state index in [1.165, 1.54) is 10.4 Å². The Morgan fingerprint density at radius 3 is 2.76 bits per heavy atom. The number of fused-ring (bicyclic) bond motifs is 1. The number of primary amides is 1. The number of aromatic nitrogens is 2. The van der Waals surface area contributed by atoms with E-state index < -0.39 is 22.0 Å². The summed E-state index contributed by atoms with van der Waals surface area (Å²) in [5, 5.41) is 1.04. The zero-order chi connectivity index (χ0) is 26.2. The molecule has 9 nitrogen and oxygen atoms in total. The number of ether oxygens (including phenoxy) is 2.